The smallest absolute Gasteiger partial charge is 0.0643 e. The zero-order chi connectivity index (χ0) is 13.3. The highest BCUT2D eigenvalue weighted by Gasteiger charge is 2.36. The summed E-state index contributed by atoms with van der Waals surface area (Å²) < 4.78 is 0. The van der Waals surface area contributed by atoms with Crippen LogP contribution in [0.4, 0.5) is 0 Å². The lowest BCUT2D eigenvalue weighted by atomic mass is 9.70. The van der Waals surface area contributed by atoms with Crippen molar-refractivity contribution < 1.29 is 0 Å². The third kappa shape index (κ3) is 2.59. The van der Waals surface area contributed by atoms with E-state index in [1.807, 2.05) is 0 Å². The van der Waals surface area contributed by atoms with Gasteiger partial charge in [-0.05, 0) is 55.7 Å². The lowest BCUT2D eigenvalue weighted by Crippen LogP contribution is -2.26. The van der Waals surface area contributed by atoms with Crippen LogP contribution in [-0.4, -0.2) is 0 Å². The van der Waals surface area contributed by atoms with Gasteiger partial charge in [0.1, 0.15) is 0 Å². The van der Waals surface area contributed by atoms with E-state index < -0.39 is 0 Å². The molecule has 1 aliphatic carbocycles. The quantitative estimate of drug-likeness (QED) is 0.587. The average Bonchev–Trinajstić information content (AvgIpc) is 2.28. The maximum atomic E-state index is 6.89. The molecule has 0 N–H and O–H groups in total. The topological polar surface area (TPSA) is 0 Å². The SMILES string of the molecule is Cc1cc(C)c(C(Cl)C2(C)CCCCC2)c(C)c1. The minimum Gasteiger partial charge on any atom is -0.117 e. The normalized spacial score (nSPS) is 20.7. The number of benzene rings is 1. The summed E-state index contributed by atoms with van der Waals surface area (Å²) in [6.45, 7) is 8.95. The van der Waals surface area contributed by atoms with Gasteiger partial charge >= 0.3 is 0 Å². The monoisotopic (exact) mass is 264 g/mol. The van der Waals surface area contributed by atoms with E-state index >= 15 is 0 Å². The van der Waals surface area contributed by atoms with Gasteiger partial charge in [0, 0.05) is 0 Å². The fourth-order valence-electron chi connectivity index (χ4n) is 3.55. The minimum absolute atomic E-state index is 0.165. The Morgan fingerprint density at radius 2 is 1.50 bits per heavy atom. The fourth-order valence-corrected chi connectivity index (χ4v) is 4.11. The van der Waals surface area contributed by atoms with E-state index in [2.05, 4.69) is 39.8 Å². The molecule has 0 spiro atoms. The Bertz CT molecular complexity index is 404. The molecule has 0 radical (unpaired) electrons. The summed E-state index contributed by atoms with van der Waals surface area (Å²) >= 11 is 6.89. The molecule has 1 unspecified atom stereocenters. The molecule has 2 rings (SSSR count). The number of hydrogen-bond acceptors (Lipinski definition) is 0. The van der Waals surface area contributed by atoms with Crippen LogP contribution in [-0.2, 0) is 0 Å². The first-order valence-electron chi connectivity index (χ1n) is 7.16. The molecule has 0 heterocycles. The van der Waals surface area contributed by atoms with Crippen molar-refractivity contribution in [3.8, 4) is 0 Å². The molecule has 1 aromatic carbocycles. The Morgan fingerprint density at radius 1 is 1.00 bits per heavy atom. The Labute approximate surface area is 117 Å². The van der Waals surface area contributed by atoms with E-state index in [0.717, 1.165) is 0 Å². The van der Waals surface area contributed by atoms with Gasteiger partial charge in [-0.2, -0.15) is 0 Å². The van der Waals surface area contributed by atoms with Crippen LogP contribution in [0.1, 0.15) is 66.7 Å². The van der Waals surface area contributed by atoms with Gasteiger partial charge in [-0.25, -0.2) is 0 Å². The largest absolute Gasteiger partial charge is 0.117 e. The standard InChI is InChI=1S/C17H25Cl/c1-12-10-13(2)15(14(3)11-12)16(18)17(4)8-6-5-7-9-17/h10-11,16H,5-9H2,1-4H3. The van der Waals surface area contributed by atoms with E-state index in [1.165, 1.54) is 54.4 Å². The highest BCUT2D eigenvalue weighted by Crippen LogP contribution is 2.50. The van der Waals surface area contributed by atoms with Gasteiger partial charge in [0.05, 0.1) is 5.38 Å². The van der Waals surface area contributed by atoms with Crippen LogP contribution in [0, 0.1) is 26.2 Å². The number of alkyl halides is 1. The van der Waals surface area contributed by atoms with E-state index in [4.69, 9.17) is 11.6 Å². The van der Waals surface area contributed by atoms with Crippen molar-refractivity contribution in [1.29, 1.82) is 0 Å². The molecule has 0 aliphatic heterocycles. The molecule has 0 saturated heterocycles. The summed E-state index contributed by atoms with van der Waals surface area (Å²) in [6.07, 6.45) is 6.60. The predicted octanol–water partition coefficient (Wildman–Crippen LogP) is 5.86. The Balaban J connectivity index is 2.36. The predicted molar refractivity (Wildman–Crippen MR) is 80.4 cm³/mol. The second-order valence-electron chi connectivity index (χ2n) is 6.39. The molecule has 0 amide bonds. The summed E-state index contributed by atoms with van der Waals surface area (Å²) in [5.74, 6) is 0. The first kappa shape index (κ1) is 13.9. The van der Waals surface area contributed by atoms with Crippen LogP contribution >= 0.6 is 11.6 Å². The third-order valence-corrected chi connectivity index (χ3v) is 5.34. The van der Waals surface area contributed by atoms with Crippen molar-refractivity contribution in [1.82, 2.24) is 0 Å². The van der Waals surface area contributed by atoms with Crippen molar-refractivity contribution in [2.75, 3.05) is 0 Å². The van der Waals surface area contributed by atoms with Crippen molar-refractivity contribution in [2.24, 2.45) is 5.41 Å². The fraction of sp³-hybridized carbons (Fsp3) is 0.647. The van der Waals surface area contributed by atoms with E-state index in [1.54, 1.807) is 0 Å². The Morgan fingerprint density at radius 3 is 2.00 bits per heavy atom. The molecule has 0 bridgehead atoms. The number of rotatable bonds is 2. The van der Waals surface area contributed by atoms with Gasteiger partial charge in [-0.15, -0.1) is 11.6 Å². The molecule has 1 aromatic rings. The number of hydrogen-bond donors (Lipinski definition) is 0. The maximum Gasteiger partial charge on any atom is 0.0643 e. The van der Waals surface area contributed by atoms with Gasteiger partial charge in [0.15, 0.2) is 0 Å². The summed E-state index contributed by atoms with van der Waals surface area (Å²) in [5, 5.41) is 0.165. The molecule has 1 saturated carbocycles. The van der Waals surface area contributed by atoms with Crippen molar-refractivity contribution in [3.63, 3.8) is 0 Å². The highest BCUT2D eigenvalue weighted by atomic mass is 35.5. The first-order valence-corrected chi connectivity index (χ1v) is 7.59. The van der Waals surface area contributed by atoms with Crippen LogP contribution in [0.15, 0.2) is 12.1 Å². The molecule has 0 aromatic heterocycles. The summed E-state index contributed by atoms with van der Waals surface area (Å²) in [5.41, 5.74) is 5.72. The van der Waals surface area contributed by atoms with Crippen molar-refractivity contribution in [2.45, 2.75) is 65.2 Å². The molecule has 100 valence electrons. The zero-order valence-electron chi connectivity index (χ0n) is 12.1. The van der Waals surface area contributed by atoms with Crippen LogP contribution in [0.2, 0.25) is 0 Å². The molecular weight excluding hydrogens is 240 g/mol. The van der Waals surface area contributed by atoms with Crippen LogP contribution < -0.4 is 0 Å². The lowest BCUT2D eigenvalue weighted by Gasteiger charge is -2.39. The Hall–Kier alpha value is -0.490. The molecule has 18 heavy (non-hydrogen) atoms. The first-order chi connectivity index (χ1) is 8.44. The minimum atomic E-state index is 0.165. The molecular formula is C17H25Cl. The zero-order valence-corrected chi connectivity index (χ0v) is 12.9. The number of aryl methyl sites for hydroxylation is 3. The summed E-state index contributed by atoms with van der Waals surface area (Å²) in [4.78, 5) is 0. The van der Waals surface area contributed by atoms with Crippen LogP contribution in [0.3, 0.4) is 0 Å². The van der Waals surface area contributed by atoms with Gasteiger partial charge < -0.3 is 0 Å². The Kier molecular flexibility index (Phi) is 4.06. The van der Waals surface area contributed by atoms with Gasteiger partial charge in [-0.3, -0.25) is 0 Å². The van der Waals surface area contributed by atoms with Crippen molar-refractivity contribution >= 4 is 11.6 Å². The van der Waals surface area contributed by atoms with Crippen molar-refractivity contribution in [3.05, 3.63) is 34.4 Å². The van der Waals surface area contributed by atoms with E-state index in [9.17, 15) is 0 Å². The number of halogens is 1. The average molecular weight is 265 g/mol. The molecule has 1 atom stereocenters. The summed E-state index contributed by atoms with van der Waals surface area (Å²) in [6, 6.07) is 4.54. The van der Waals surface area contributed by atoms with E-state index in [0.29, 0.717) is 0 Å². The maximum absolute atomic E-state index is 6.89. The van der Waals surface area contributed by atoms with Gasteiger partial charge in [0.25, 0.3) is 0 Å². The van der Waals surface area contributed by atoms with E-state index in [-0.39, 0.29) is 10.8 Å². The molecule has 1 fully saturated rings. The molecule has 0 nitrogen and oxygen atoms in total. The van der Waals surface area contributed by atoms with Gasteiger partial charge in [0.2, 0.25) is 0 Å². The van der Waals surface area contributed by atoms with Gasteiger partial charge in [-0.1, -0.05) is 43.9 Å². The second kappa shape index (κ2) is 5.25. The molecule has 1 aliphatic rings. The summed E-state index contributed by atoms with van der Waals surface area (Å²) in [7, 11) is 0. The van der Waals surface area contributed by atoms with Crippen LogP contribution in [0.25, 0.3) is 0 Å². The van der Waals surface area contributed by atoms with Crippen LogP contribution in [0.5, 0.6) is 0 Å². The second-order valence-corrected chi connectivity index (χ2v) is 6.83. The third-order valence-electron chi connectivity index (χ3n) is 4.60. The highest BCUT2D eigenvalue weighted by molar-refractivity contribution is 6.21. The lowest BCUT2D eigenvalue weighted by molar-refractivity contribution is 0.206. The molecule has 1 heteroatoms.